The van der Waals surface area contributed by atoms with Crippen LogP contribution in [0.4, 0.5) is 0 Å². The van der Waals surface area contributed by atoms with Crippen molar-refractivity contribution in [2.24, 2.45) is 0 Å². The Balaban J connectivity index is 0.000000490. The Morgan fingerprint density at radius 2 is 2.38 bits per heavy atom. The highest BCUT2D eigenvalue weighted by Gasteiger charge is 1.90. The van der Waals surface area contributed by atoms with E-state index in [0.717, 1.165) is 0 Å². The van der Waals surface area contributed by atoms with Gasteiger partial charge >= 0.3 is 0 Å². The van der Waals surface area contributed by atoms with E-state index in [9.17, 15) is 0 Å². The van der Waals surface area contributed by atoms with Crippen LogP contribution in [-0.4, -0.2) is 10.1 Å². The molecule has 0 spiro atoms. The van der Waals surface area contributed by atoms with Gasteiger partial charge in [0.25, 0.3) is 0 Å². The normalized spacial score (nSPS) is 8.12. The van der Waals surface area contributed by atoms with Gasteiger partial charge in [-0.25, -0.2) is 0 Å². The van der Waals surface area contributed by atoms with Gasteiger partial charge in [0.05, 0.1) is 5.38 Å². The summed E-state index contributed by atoms with van der Waals surface area (Å²) in [5, 5.41) is 10.1. The standard InChI is InChI=1S/C3H2BrNOS.CH4/c4-3-5-2(6)1-7-3;/h1,6H;1H4. The first-order chi connectivity index (χ1) is 3.29. The minimum atomic E-state index is 0. The molecular formula is C4H6BrNOS. The third-order valence-corrected chi connectivity index (χ3v) is 1.82. The van der Waals surface area contributed by atoms with Crippen LogP contribution in [0.25, 0.3) is 0 Å². The number of hydrogen-bond donors (Lipinski definition) is 1. The van der Waals surface area contributed by atoms with E-state index < -0.39 is 0 Å². The van der Waals surface area contributed by atoms with Crippen LogP contribution in [0.3, 0.4) is 0 Å². The molecule has 0 bridgehead atoms. The maximum absolute atomic E-state index is 8.52. The average molecular weight is 196 g/mol. The van der Waals surface area contributed by atoms with Crippen molar-refractivity contribution in [3.63, 3.8) is 0 Å². The Morgan fingerprint density at radius 3 is 2.50 bits per heavy atom. The molecule has 0 aliphatic heterocycles. The van der Waals surface area contributed by atoms with Crippen molar-refractivity contribution in [1.82, 2.24) is 4.98 Å². The molecule has 1 rings (SSSR count). The van der Waals surface area contributed by atoms with Crippen molar-refractivity contribution >= 4 is 27.3 Å². The highest BCUT2D eigenvalue weighted by molar-refractivity contribution is 9.11. The van der Waals surface area contributed by atoms with Gasteiger partial charge in [-0.3, -0.25) is 0 Å². The van der Waals surface area contributed by atoms with Crippen LogP contribution in [0.1, 0.15) is 7.43 Å². The summed E-state index contributed by atoms with van der Waals surface area (Å²) in [7, 11) is 0. The SMILES string of the molecule is C.Oc1csc(Br)n1. The zero-order valence-corrected chi connectivity index (χ0v) is 5.66. The largest absolute Gasteiger partial charge is 0.493 e. The number of halogens is 1. The molecule has 2 nitrogen and oxygen atoms in total. The van der Waals surface area contributed by atoms with Gasteiger partial charge in [0, 0.05) is 0 Å². The Kier molecular flexibility index (Phi) is 3.01. The minimum Gasteiger partial charge on any atom is -0.493 e. The van der Waals surface area contributed by atoms with Gasteiger partial charge in [0.1, 0.15) is 0 Å². The molecule has 0 aliphatic rings. The van der Waals surface area contributed by atoms with Crippen molar-refractivity contribution in [2.45, 2.75) is 7.43 Å². The molecule has 46 valence electrons. The zero-order valence-electron chi connectivity index (χ0n) is 3.26. The van der Waals surface area contributed by atoms with Gasteiger partial charge in [-0.2, -0.15) is 4.98 Å². The lowest BCUT2D eigenvalue weighted by atomic mass is 10.9. The lowest BCUT2D eigenvalue weighted by molar-refractivity contribution is 0.456. The van der Waals surface area contributed by atoms with E-state index in [0.29, 0.717) is 3.92 Å². The molecule has 0 aliphatic carbocycles. The molecule has 1 aromatic rings. The van der Waals surface area contributed by atoms with Crippen LogP contribution in [0, 0.1) is 0 Å². The number of hydrogen-bond acceptors (Lipinski definition) is 3. The van der Waals surface area contributed by atoms with E-state index in [1.807, 2.05) is 0 Å². The second-order valence-electron chi connectivity index (χ2n) is 0.959. The van der Waals surface area contributed by atoms with Gasteiger partial charge in [-0.1, -0.05) is 7.43 Å². The lowest BCUT2D eigenvalue weighted by Crippen LogP contribution is -1.56. The highest BCUT2D eigenvalue weighted by atomic mass is 79.9. The molecule has 4 heteroatoms. The van der Waals surface area contributed by atoms with E-state index in [1.165, 1.54) is 11.3 Å². The van der Waals surface area contributed by atoms with Crippen molar-refractivity contribution in [3.05, 3.63) is 9.30 Å². The summed E-state index contributed by atoms with van der Waals surface area (Å²) >= 11 is 4.44. The van der Waals surface area contributed by atoms with Crippen LogP contribution >= 0.6 is 27.3 Å². The van der Waals surface area contributed by atoms with Gasteiger partial charge < -0.3 is 5.11 Å². The van der Waals surface area contributed by atoms with Crippen LogP contribution in [0.15, 0.2) is 9.30 Å². The van der Waals surface area contributed by atoms with Crippen molar-refractivity contribution < 1.29 is 5.11 Å². The van der Waals surface area contributed by atoms with Crippen molar-refractivity contribution in [3.8, 4) is 5.88 Å². The molecule has 0 amide bonds. The van der Waals surface area contributed by atoms with Crippen molar-refractivity contribution in [2.75, 3.05) is 0 Å². The molecule has 0 unspecified atom stereocenters. The van der Waals surface area contributed by atoms with Crippen LogP contribution < -0.4 is 0 Å². The Bertz CT molecular complexity index is 148. The van der Waals surface area contributed by atoms with Crippen LogP contribution in [-0.2, 0) is 0 Å². The molecule has 1 N–H and O–H groups in total. The summed E-state index contributed by atoms with van der Waals surface area (Å²) in [6.07, 6.45) is 0. The number of thiazole rings is 1. The number of aromatic nitrogens is 1. The maximum atomic E-state index is 8.52. The molecule has 0 radical (unpaired) electrons. The van der Waals surface area contributed by atoms with Gasteiger partial charge in [-0.05, 0) is 15.9 Å². The fraction of sp³-hybridized carbons (Fsp3) is 0.250. The average Bonchev–Trinajstić information content (AvgIpc) is 1.87. The molecular weight excluding hydrogens is 190 g/mol. The molecule has 0 saturated heterocycles. The number of rotatable bonds is 0. The predicted octanol–water partition coefficient (Wildman–Crippen LogP) is 2.25. The van der Waals surface area contributed by atoms with Gasteiger partial charge in [0.15, 0.2) is 3.92 Å². The fourth-order valence-corrected chi connectivity index (χ4v) is 1.11. The monoisotopic (exact) mass is 195 g/mol. The molecule has 0 aromatic carbocycles. The van der Waals surface area contributed by atoms with E-state index in [2.05, 4.69) is 20.9 Å². The number of nitrogens with zero attached hydrogens (tertiary/aromatic N) is 1. The van der Waals surface area contributed by atoms with E-state index >= 15 is 0 Å². The Morgan fingerprint density at radius 1 is 1.75 bits per heavy atom. The molecule has 1 aromatic heterocycles. The molecule has 0 fully saturated rings. The van der Waals surface area contributed by atoms with Crippen LogP contribution in [0.5, 0.6) is 5.88 Å². The highest BCUT2D eigenvalue weighted by Crippen LogP contribution is 2.19. The summed E-state index contributed by atoms with van der Waals surface area (Å²) < 4.78 is 0.713. The minimum absolute atomic E-state index is 0. The molecule has 1 heterocycles. The molecule has 0 atom stereocenters. The first-order valence-corrected chi connectivity index (χ1v) is 3.26. The summed E-state index contributed by atoms with van der Waals surface area (Å²) in [4.78, 5) is 3.60. The summed E-state index contributed by atoms with van der Waals surface area (Å²) in [5.74, 6) is 0.0804. The third kappa shape index (κ3) is 1.79. The summed E-state index contributed by atoms with van der Waals surface area (Å²) in [6, 6.07) is 0. The Labute approximate surface area is 60.3 Å². The zero-order chi connectivity index (χ0) is 5.28. The Hall–Kier alpha value is -0.0900. The third-order valence-electron chi connectivity index (χ3n) is 0.464. The van der Waals surface area contributed by atoms with E-state index in [4.69, 9.17) is 5.11 Å². The molecule has 8 heavy (non-hydrogen) atoms. The quantitative estimate of drug-likeness (QED) is 0.690. The number of aromatic hydroxyl groups is 1. The van der Waals surface area contributed by atoms with Gasteiger partial charge in [-0.15, -0.1) is 11.3 Å². The predicted molar refractivity (Wildman–Crippen MR) is 38.2 cm³/mol. The maximum Gasteiger partial charge on any atom is 0.222 e. The van der Waals surface area contributed by atoms with Gasteiger partial charge in [0.2, 0.25) is 5.88 Å². The summed E-state index contributed by atoms with van der Waals surface area (Å²) in [5.41, 5.74) is 0. The van der Waals surface area contributed by atoms with E-state index in [-0.39, 0.29) is 13.3 Å². The second kappa shape index (κ2) is 3.04. The van der Waals surface area contributed by atoms with E-state index in [1.54, 1.807) is 5.38 Å². The fourth-order valence-electron chi connectivity index (χ4n) is 0.244. The first-order valence-electron chi connectivity index (χ1n) is 1.59. The summed E-state index contributed by atoms with van der Waals surface area (Å²) in [6.45, 7) is 0. The van der Waals surface area contributed by atoms with Crippen LogP contribution in [0.2, 0.25) is 0 Å². The lowest BCUT2D eigenvalue weighted by Gasteiger charge is -1.69. The topological polar surface area (TPSA) is 33.1 Å². The van der Waals surface area contributed by atoms with Crippen molar-refractivity contribution in [1.29, 1.82) is 0 Å². The molecule has 0 saturated carbocycles. The smallest absolute Gasteiger partial charge is 0.222 e. The first kappa shape index (κ1) is 7.91. The second-order valence-corrected chi connectivity index (χ2v) is 3.09.